The Balaban J connectivity index is 1.35. The molecule has 3 fully saturated rings. The Kier molecular flexibility index (Phi) is 7.64. The molecule has 2 N–H and O–H groups in total. The van der Waals surface area contributed by atoms with Gasteiger partial charge in [0.25, 0.3) is 0 Å². The number of anilines is 1. The lowest BCUT2D eigenvalue weighted by molar-refractivity contribution is -0.00356. The number of hydrogen-bond donors (Lipinski definition) is 2. The lowest BCUT2D eigenvalue weighted by Gasteiger charge is -2.40. The van der Waals surface area contributed by atoms with Gasteiger partial charge in [0.2, 0.25) is 0 Å². The molecule has 0 aliphatic carbocycles. The van der Waals surface area contributed by atoms with Gasteiger partial charge in [0, 0.05) is 54.3 Å². The van der Waals surface area contributed by atoms with E-state index in [0.29, 0.717) is 24.7 Å². The van der Waals surface area contributed by atoms with Crippen molar-refractivity contribution >= 4 is 29.2 Å². The third kappa shape index (κ3) is 5.04. The number of β-amino-alcohol motifs (C(OH)–C–C–N with tert-alkyl or cyclic N) is 1. The first-order chi connectivity index (χ1) is 17.3. The van der Waals surface area contributed by atoms with Crippen LogP contribution in [0.2, 0.25) is 5.02 Å². The Morgan fingerprint density at radius 2 is 2.06 bits per heavy atom. The molecule has 0 radical (unpaired) electrons. The molecule has 3 saturated heterocycles. The summed E-state index contributed by atoms with van der Waals surface area (Å²) < 4.78 is 5.92. The number of pyridine rings is 2. The van der Waals surface area contributed by atoms with Gasteiger partial charge in [0.05, 0.1) is 41.8 Å². The van der Waals surface area contributed by atoms with Gasteiger partial charge in [-0.05, 0) is 50.2 Å². The lowest BCUT2D eigenvalue weighted by Crippen LogP contribution is -2.49. The third-order valence-corrected chi connectivity index (χ3v) is 9.80. The first kappa shape index (κ1) is 25.9. The molecule has 0 saturated carbocycles. The van der Waals surface area contributed by atoms with Crippen molar-refractivity contribution in [3.05, 3.63) is 52.5 Å². The second-order valence-electron chi connectivity index (χ2n) is 10.4. The van der Waals surface area contributed by atoms with Gasteiger partial charge < -0.3 is 19.8 Å². The minimum Gasteiger partial charge on any atom is -0.392 e. The fraction of sp³-hybridized carbons (Fsp3) is 0.556. The Hall–Kier alpha value is -1.68. The topological polar surface area (TPSA) is 82.0 Å². The molecular weight excluding hydrogens is 496 g/mol. The summed E-state index contributed by atoms with van der Waals surface area (Å²) in [5, 5.41) is 20.6. The maximum Gasteiger partial charge on any atom is 0.134 e. The Labute approximate surface area is 222 Å². The van der Waals surface area contributed by atoms with Crippen LogP contribution >= 0.6 is 23.4 Å². The van der Waals surface area contributed by atoms with E-state index in [9.17, 15) is 10.2 Å². The SMILES string of the molecule is C=C[C@H]1CC2(CCN(c3nc(C)c(Sc4ccnc(CN5CC(O)C5)c4Cl)c(C)c3CO)CC2)CO1. The summed E-state index contributed by atoms with van der Waals surface area (Å²) in [6.07, 6.45) is 6.78. The summed E-state index contributed by atoms with van der Waals surface area (Å²) >= 11 is 8.34. The molecule has 194 valence electrons. The van der Waals surface area contributed by atoms with Gasteiger partial charge in [-0.15, -0.1) is 6.58 Å². The first-order valence-electron chi connectivity index (χ1n) is 12.6. The molecule has 9 heteroatoms. The van der Waals surface area contributed by atoms with Crippen molar-refractivity contribution in [2.24, 2.45) is 5.41 Å². The number of aromatic nitrogens is 2. The minimum absolute atomic E-state index is 0.0576. The normalized spacial score (nSPS) is 22.2. The van der Waals surface area contributed by atoms with Crippen molar-refractivity contribution in [1.82, 2.24) is 14.9 Å². The van der Waals surface area contributed by atoms with Crippen LogP contribution in [0.3, 0.4) is 0 Å². The van der Waals surface area contributed by atoms with Crippen molar-refractivity contribution in [2.45, 2.75) is 68.3 Å². The summed E-state index contributed by atoms with van der Waals surface area (Å²) in [6, 6.07) is 1.93. The van der Waals surface area contributed by atoms with Crippen molar-refractivity contribution < 1.29 is 14.9 Å². The molecule has 0 unspecified atom stereocenters. The van der Waals surface area contributed by atoms with Gasteiger partial charge >= 0.3 is 0 Å². The molecule has 0 aromatic carbocycles. The van der Waals surface area contributed by atoms with Crippen LogP contribution in [0.4, 0.5) is 5.82 Å². The number of halogens is 1. The summed E-state index contributed by atoms with van der Waals surface area (Å²) in [5.41, 5.74) is 3.90. The Bertz CT molecular complexity index is 1130. The lowest BCUT2D eigenvalue weighted by atomic mass is 9.76. The Morgan fingerprint density at radius 3 is 2.69 bits per heavy atom. The highest BCUT2D eigenvalue weighted by atomic mass is 35.5. The quantitative estimate of drug-likeness (QED) is 0.517. The number of ether oxygens (including phenoxy) is 1. The highest BCUT2D eigenvalue weighted by Gasteiger charge is 2.42. The van der Waals surface area contributed by atoms with Crippen LogP contribution in [0.25, 0.3) is 0 Å². The molecule has 36 heavy (non-hydrogen) atoms. The van der Waals surface area contributed by atoms with Gasteiger partial charge in [0.15, 0.2) is 0 Å². The maximum absolute atomic E-state index is 10.4. The fourth-order valence-corrected chi connectivity index (χ4v) is 6.94. The van der Waals surface area contributed by atoms with Gasteiger partial charge in [0.1, 0.15) is 5.82 Å². The second kappa shape index (κ2) is 10.6. The van der Waals surface area contributed by atoms with Crippen LogP contribution in [-0.4, -0.2) is 70.1 Å². The molecule has 0 bridgehead atoms. The fourth-order valence-electron chi connectivity index (χ4n) is 5.63. The third-order valence-electron chi connectivity index (χ3n) is 7.90. The van der Waals surface area contributed by atoms with Crippen LogP contribution in [0.5, 0.6) is 0 Å². The molecule has 1 spiro atoms. The molecule has 5 rings (SSSR count). The zero-order valence-corrected chi connectivity index (χ0v) is 22.6. The number of likely N-dealkylation sites (tertiary alicyclic amines) is 1. The van der Waals surface area contributed by atoms with E-state index in [2.05, 4.69) is 28.3 Å². The number of hydrogen-bond acceptors (Lipinski definition) is 8. The standard InChI is InChI=1S/C27H35ClN4O3S/c1-4-20-11-27(16-35-20)6-9-32(10-7-27)26-21(15-33)17(2)25(18(3)30-26)36-23-5-8-29-22(24(23)28)14-31-12-19(34)13-31/h4-5,8,19-20,33-34H,1,6-7,9-16H2,2-3H3/t20-/m0/s1. The number of piperidine rings is 1. The number of rotatable bonds is 7. The predicted octanol–water partition coefficient (Wildman–Crippen LogP) is 4.13. The maximum atomic E-state index is 10.4. The van der Waals surface area contributed by atoms with Crippen molar-refractivity contribution in [2.75, 3.05) is 37.7 Å². The number of aliphatic hydroxyl groups excluding tert-OH is 2. The van der Waals surface area contributed by atoms with Crippen LogP contribution in [0.15, 0.2) is 34.7 Å². The Morgan fingerprint density at radius 1 is 1.31 bits per heavy atom. The molecular formula is C27H35ClN4O3S. The number of aliphatic hydroxyl groups is 2. The van der Waals surface area contributed by atoms with E-state index < -0.39 is 0 Å². The van der Waals surface area contributed by atoms with Gasteiger partial charge in [-0.25, -0.2) is 4.98 Å². The molecule has 2 aromatic rings. The van der Waals surface area contributed by atoms with Crippen molar-refractivity contribution in [3.63, 3.8) is 0 Å². The van der Waals surface area contributed by atoms with E-state index >= 15 is 0 Å². The zero-order chi connectivity index (χ0) is 25.4. The smallest absolute Gasteiger partial charge is 0.134 e. The molecule has 0 amide bonds. The van der Waals surface area contributed by atoms with Crippen LogP contribution in [0.1, 0.15) is 41.8 Å². The van der Waals surface area contributed by atoms with E-state index in [-0.39, 0.29) is 24.2 Å². The average Bonchev–Trinajstić information content (AvgIpc) is 3.25. The average molecular weight is 531 g/mol. The van der Waals surface area contributed by atoms with E-state index in [0.717, 1.165) is 77.1 Å². The van der Waals surface area contributed by atoms with Gasteiger partial charge in [-0.2, -0.15) is 0 Å². The molecule has 3 aliphatic heterocycles. The number of nitrogens with zero attached hydrogens (tertiary/aromatic N) is 4. The van der Waals surface area contributed by atoms with Gasteiger partial charge in [-0.3, -0.25) is 9.88 Å². The monoisotopic (exact) mass is 530 g/mol. The minimum atomic E-state index is -0.255. The molecule has 5 heterocycles. The van der Waals surface area contributed by atoms with E-state index in [1.165, 1.54) is 0 Å². The highest BCUT2D eigenvalue weighted by molar-refractivity contribution is 7.99. The molecule has 3 aliphatic rings. The van der Waals surface area contributed by atoms with Crippen molar-refractivity contribution in [3.8, 4) is 0 Å². The van der Waals surface area contributed by atoms with Crippen LogP contribution in [-0.2, 0) is 17.9 Å². The summed E-state index contributed by atoms with van der Waals surface area (Å²) in [7, 11) is 0. The zero-order valence-electron chi connectivity index (χ0n) is 21.0. The largest absolute Gasteiger partial charge is 0.392 e. The molecule has 2 aromatic heterocycles. The van der Waals surface area contributed by atoms with E-state index in [1.807, 2.05) is 19.1 Å². The van der Waals surface area contributed by atoms with E-state index in [1.54, 1.807) is 18.0 Å². The van der Waals surface area contributed by atoms with E-state index in [4.69, 9.17) is 21.3 Å². The molecule has 1 atom stereocenters. The summed E-state index contributed by atoms with van der Waals surface area (Å²) in [6.45, 7) is 12.5. The summed E-state index contributed by atoms with van der Waals surface area (Å²) in [4.78, 5) is 15.9. The van der Waals surface area contributed by atoms with Crippen molar-refractivity contribution in [1.29, 1.82) is 0 Å². The number of aryl methyl sites for hydroxylation is 1. The van der Waals surface area contributed by atoms with Crippen LogP contribution in [0, 0.1) is 19.3 Å². The molecule has 7 nitrogen and oxygen atoms in total. The van der Waals surface area contributed by atoms with Crippen LogP contribution < -0.4 is 4.90 Å². The second-order valence-corrected chi connectivity index (χ2v) is 11.8. The first-order valence-corrected chi connectivity index (χ1v) is 13.8. The predicted molar refractivity (Wildman–Crippen MR) is 143 cm³/mol. The van der Waals surface area contributed by atoms with Gasteiger partial charge in [-0.1, -0.05) is 29.4 Å². The highest BCUT2D eigenvalue weighted by Crippen LogP contribution is 2.45. The summed E-state index contributed by atoms with van der Waals surface area (Å²) in [5.74, 6) is 0.892.